The average Bonchev–Trinajstić information content (AvgIpc) is 2.90. The minimum absolute atomic E-state index is 0.294. The average molecular weight is 485 g/mol. The Bertz CT molecular complexity index is 1170. The fourth-order valence-electron chi connectivity index (χ4n) is 3.65. The van der Waals surface area contributed by atoms with Crippen LogP contribution in [0.3, 0.4) is 0 Å². The third-order valence-electron chi connectivity index (χ3n) is 5.51. The van der Waals surface area contributed by atoms with Crippen molar-refractivity contribution in [1.82, 2.24) is 14.9 Å². The highest BCUT2D eigenvalue weighted by Crippen LogP contribution is 2.28. The van der Waals surface area contributed by atoms with Crippen LogP contribution < -0.4 is 15.2 Å². The van der Waals surface area contributed by atoms with E-state index in [0.29, 0.717) is 49.3 Å². The number of carboxylic acids is 1. The van der Waals surface area contributed by atoms with Crippen LogP contribution in [0.2, 0.25) is 0 Å². The van der Waals surface area contributed by atoms with Crippen LogP contribution in [0.5, 0.6) is 23.3 Å². The SMILES string of the molecule is N[C@H](CCN(Cc1ccccc1Oc1ccccn1)Cc1ccccc1Oc1ccccn1)C(=O)O. The number of carbonyl (C=O) groups is 1. The van der Waals surface area contributed by atoms with E-state index in [1.165, 1.54) is 0 Å². The molecule has 0 aliphatic carbocycles. The predicted molar refractivity (Wildman–Crippen MR) is 136 cm³/mol. The number of para-hydroxylation sites is 2. The molecule has 2 aromatic carbocycles. The minimum Gasteiger partial charge on any atom is -0.480 e. The molecule has 0 fully saturated rings. The van der Waals surface area contributed by atoms with Crippen LogP contribution in [-0.2, 0) is 17.9 Å². The smallest absolute Gasteiger partial charge is 0.320 e. The van der Waals surface area contributed by atoms with Crippen LogP contribution in [-0.4, -0.2) is 38.5 Å². The molecular weight excluding hydrogens is 456 g/mol. The van der Waals surface area contributed by atoms with Crippen molar-refractivity contribution in [3.05, 3.63) is 108 Å². The fraction of sp³-hybridized carbons (Fsp3) is 0.179. The zero-order chi connectivity index (χ0) is 25.2. The number of aliphatic carboxylic acids is 1. The van der Waals surface area contributed by atoms with Gasteiger partial charge in [0.1, 0.15) is 17.5 Å². The Labute approximate surface area is 210 Å². The summed E-state index contributed by atoms with van der Waals surface area (Å²) in [5.41, 5.74) is 7.70. The van der Waals surface area contributed by atoms with Crippen molar-refractivity contribution in [2.24, 2.45) is 5.73 Å². The summed E-state index contributed by atoms with van der Waals surface area (Å²) in [6.07, 6.45) is 3.65. The Balaban J connectivity index is 1.57. The molecule has 184 valence electrons. The lowest BCUT2D eigenvalue weighted by molar-refractivity contribution is -0.138. The maximum Gasteiger partial charge on any atom is 0.320 e. The zero-order valence-corrected chi connectivity index (χ0v) is 19.7. The predicted octanol–water partition coefficient (Wildman–Crippen LogP) is 4.87. The van der Waals surface area contributed by atoms with Gasteiger partial charge in [0.25, 0.3) is 0 Å². The van der Waals surface area contributed by atoms with Gasteiger partial charge >= 0.3 is 5.97 Å². The molecule has 4 rings (SSSR count). The molecule has 1 atom stereocenters. The summed E-state index contributed by atoms with van der Waals surface area (Å²) in [5.74, 6) is 1.34. The van der Waals surface area contributed by atoms with Crippen molar-refractivity contribution in [1.29, 1.82) is 0 Å². The maximum atomic E-state index is 11.3. The molecule has 0 saturated carbocycles. The van der Waals surface area contributed by atoms with Crippen LogP contribution in [0.15, 0.2) is 97.3 Å². The summed E-state index contributed by atoms with van der Waals surface area (Å²) in [6, 6.07) is 25.5. The molecule has 36 heavy (non-hydrogen) atoms. The lowest BCUT2D eigenvalue weighted by atomic mass is 10.1. The number of nitrogens with two attached hydrogens (primary N) is 1. The molecule has 2 heterocycles. The molecule has 0 saturated heterocycles. The summed E-state index contributed by atoms with van der Waals surface area (Å²) >= 11 is 0. The van der Waals surface area contributed by atoms with Gasteiger partial charge in [-0.3, -0.25) is 9.69 Å². The van der Waals surface area contributed by atoms with Crippen molar-refractivity contribution in [3.63, 3.8) is 0 Å². The van der Waals surface area contributed by atoms with E-state index in [1.807, 2.05) is 72.8 Å². The second-order valence-electron chi connectivity index (χ2n) is 8.20. The Hall–Kier alpha value is -4.27. The Morgan fingerprint density at radius 2 is 1.25 bits per heavy atom. The number of pyridine rings is 2. The molecule has 0 radical (unpaired) electrons. The van der Waals surface area contributed by atoms with Crippen LogP contribution in [0.1, 0.15) is 17.5 Å². The highest BCUT2D eigenvalue weighted by atomic mass is 16.5. The number of ether oxygens (including phenoxy) is 2. The van der Waals surface area contributed by atoms with Crippen molar-refractivity contribution >= 4 is 5.97 Å². The first-order chi connectivity index (χ1) is 17.6. The minimum atomic E-state index is -1.02. The zero-order valence-electron chi connectivity index (χ0n) is 19.7. The molecule has 0 amide bonds. The first-order valence-electron chi connectivity index (χ1n) is 11.6. The van der Waals surface area contributed by atoms with E-state index >= 15 is 0 Å². The van der Waals surface area contributed by atoms with E-state index in [-0.39, 0.29) is 0 Å². The van der Waals surface area contributed by atoms with Gasteiger partial charge in [0.2, 0.25) is 11.8 Å². The van der Waals surface area contributed by atoms with E-state index in [0.717, 1.165) is 11.1 Å². The van der Waals surface area contributed by atoms with Gasteiger partial charge in [0.05, 0.1) is 0 Å². The quantitative estimate of drug-likeness (QED) is 0.293. The highest BCUT2D eigenvalue weighted by Gasteiger charge is 2.18. The van der Waals surface area contributed by atoms with Crippen LogP contribution in [0, 0.1) is 0 Å². The normalized spacial score (nSPS) is 11.7. The fourth-order valence-corrected chi connectivity index (χ4v) is 3.65. The number of hydrogen-bond acceptors (Lipinski definition) is 7. The van der Waals surface area contributed by atoms with Gasteiger partial charge in [-0.2, -0.15) is 0 Å². The number of nitrogens with zero attached hydrogens (tertiary/aromatic N) is 3. The number of aromatic nitrogens is 2. The molecule has 8 nitrogen and oxygen atoms in total. The second kappa shape index (κ2) is 12.4. The van der Waals surface area contributed by atoms with Gasteiger partial charge in [0.15, 0.2) is 0 Å². The molecule has 2 aromatic heterocycles. The van der Waals surface area contributed by atoms with E-state index in [1.54, 1.807) is 24.5 Å². The number of benzene rings is 2. The Morgan fingerprint density at radius 3 is 1.69 bits per heavy atom. The van der Waals surface area contributed by atoms with Gasteiger partial charge in [-0.1, -0.05) is 48.5 Å². The molecule has 3 N–H and O–H groups in total. The third kappa shape index (κ3) is 7.11. The van der Waals surface area contributed by atoms with E-state index in [9.17, 15) is 9.90 Å². The van der Waals surface area contributed by atoms with Gasteiger partial charge in [0, 0.05) is 55.3 Å². The molecule has 4 aromatic rings. The van der Waals surface area contributed by atoms with Crippen LogP contribution >= 0.6 is 0 Å². The van der Waals surface area contributed by atoms with Gasteiger partial charge < -0.3 is 20.3 Å². The molecule has 0 bridgehead atoms. The molecule has 8 heteroatoms. The molecular formula is C28H28N4O4. The molecule has 0 aliphatic heterocycles. The summed E-state index contributed by atoms with van der Waals surface area (Å²) in [6.45, 7) is 1.48. The highest BCUT2D eigenvalue weighted by molar-refractivity contribution is 5.73. The number of hydrogen-bond donors (Lipinski definition) is 2. The number of rotatable bonds is 12. The summed E-state index contributed by atoms with van der Waals surface area (Å²) in [4.78, 5) is 22.0. The second-order valence-corrected chi connectivity index (χ2v) is 8.20. The van der Waals surface area contributed by atoms with E-state index < -0.39 is 12.0 Å². The number of carboxylic acid groups (broad SMARTS) is 1. The Kier molecular flexibility index (Phi) is 8.58. The van der Waals surface area contributed by atoms with Crippen LogP contribution in [0.25, 0.3) is 0 Å². The van der Waals surface area contributed by atoms with Gasteiger partial charge in [-0.05, 0) is 30.7 Å². The van der Waals surface area contributed by atoms with Crippen molar-refractivity contribution in [3.8, 4) is 23.3 Å². The van der Waals surface area contributed by atoms with Crippen molar-refractivity contribution < 1.29 is 19.4 Å². The van der Waals surface area contributed by atoms with E-state index in [4.69, 9.17) is 15.2 Å². The third-order valence-corrected chi connectivity index (χ3v) is 5.51. The van der Waals surface area contributed by atoms with Gasteiger partial charge in [-0.15, -0.1) is 0 Å². The lowest BCUT2D eigenvalue weighted by Crippen LogP contribution is -2.35. The Morgan fingerprint density at radius 1 is 0.778 bits per heavy atom. The maximum absolute atomic E-state index is 11.3. The summed E-state index contributed by atoms with van der Waals surface area (Å²) < 4.78 is 12.1. The van der Waals surface area contributed by atoms with Crippen molar-refractivity contribution in [2.45, 2.75) is 25.6 Å². The molecule has 0 spiro atoms. The van der Waals surface area contributed by atoms with Crippen LogP contribution in [0.4, 0.5) is 0 Å². The molecule has 0 aliphatic rings. The lowest BCUT2D eigenvalue weighted by Gasteiger charge is -2.25. The first kappa shape index (κ1) is 24.8. The molecule has 0 unspecified atom stereocenters. The summed E-state index contributed by atoms with van der Waals surface area (Å²) in [7, 11) is 0. The monoisotopic (exact) mass is 484 g/mol. The topological polar surface area (TPSA) is 111 Å². The van der Waals surface area contributed by atoms with Crippen molar-refractivity contribution in [2.75, 3.05) is 6.54 Å². The standard InChI is InChI=1S/C28H28N4O4/c29-23(28(33)34)15-18-32(19-21-9-1-3-11-24(21)35-26-13-5-7-16-30-26)20-22-10-2-4-12-25(22)36-27-14-6-8-17-31-27/h1-14,16-17,23H,15,18-20,29H2,(H,33,34)/t23-/m1/s1. The largest absolute Gasteiger partial charge is 0.480 e. The van der Waals surface area contributed by atoms with Gasteiger partial charge in [-0.25, -0.2) is 9.97 Å². The first-order valence-corrected chi connectivity index (χ1v) is 11.6. The van der Waals surface area contributed by atoms with E-state index in [2.05, 4.69) is 14.9 Å². The summed E-state index contributed by atoms with van der Waals surface area (Å²) in [5, 5.41) is 9.29.